The number of benzene rings is 1. The van der Waals surface area contributed by atoms with Gasteiger partial charge in [-0.2, -0.15) is 13.2 Å². The highest BCUT2D eigenvalue weighted by Crippen LogP contribution is 2.29. The van der Waals surface area contributed by atoms with Gasteiger partial charge in [-0.1, -0.05) is 19.1 Å². The Hall–Kier alpha value is -1.56. The fourth-order valence-corrected chi connectivity index (χ4v) is 2.42. The van der Waals surface area contributed by atoms with Gasteiger partial charge in [0.15, 0.2) is 0 Å². The molecule has 2 unspecified atom stereocenters. The van der Waals surface area contributed by atoms with E-state index in [0.717, 1.165) is 18.6 Å². The average Bonchev–Trinajstić information content (AvgIpc) is 2.41. The average molecular weight is 300 g/mol. The third-order valence-corrected chi connectivity index (χ3v) is 4.01. The van der Waals surface area contributed by atoms with E-state index in [2.05, 4.69) is 6.92 Å². The van der Waals surface area contributed by atoms with Crippen LogP contribution in [0.5, 0.6) is 0 Å². The lowest BCUT2D eigenvalue weighted by molar-refractivity contribution is -0.137. The fraction of sp³-hybridized carbons (Fsp3) is 0.533. The number of alkyl halides is 3. The van der Waals surface area contributed by atoms with Crippen molar-refractivity contribution in [2.24, 2.45) is 11.7 Å². The maximum Gasteiger partial charge on any atom is 0.416 e. The highest BCUT2D eigenvalue weighted by Gasteiger charge is 2.30. The zero-order valence-corrected chi connectivity index (χ0v) is 11.9. The zero-order chi connectivity index (χ0) is 15.6. The van der Waals surface area contributed by atoms with Gasteiger partial charge in [-0.25, -0.2) is 0 Å². The smallest absolute Gasteiger partial charge is 0.341 e. The molecule has 1 amide bonds. The van der Waals surface area contributed by atoms with Crippen LogP contribution in [0.4, 0.5) is 13.2 Å². The Morgan fingerprint density at radius 3 is 2.48 bits per heavy atom. The minimum absolute atomic E-state index is 0.0321. The molecule has 21 heavy (non-hydrogen) atoms. The Balaban J connectivity index is 1.97. The number of carbonyl (C=O) groups is 1. The van der Waals surface area contributed by atoms with Crippen molar-refractivity contribution in [3.63, 3.8) is 0 Å². The van der Waals surface area contributed by atoms with Gasteiger partial charge in [0.05, 0.1) is 12.0 Å². The van der Waals surface area contributed by atoms with Crippen LogP contribution >= 0.6 is 0 Å². The van der Waals surface area contributed by atoms with E-state index in [0.29, 0.717) is 24.6 Å². The van der Waals surface area contributed by atoms with E-state index >= 15 is 0 Å². The van der Waals surface area contributed by atoms with Crippen LogP contribution in [-0.2, 0) is 17.4 Å². The van der Waals surface area contributed by atoms with Crippen molar-refractivity contribution in [1.82, 2.24) is 4.90 Å². The van der Waals surface area contributed by atoms with E-state index in [4.69, 9.17) is 5.73 Å². The molecule has 116 valence electrons. The van der Waals surface area contributed by atoms with Crippen molar-refractivity contribution in [2.45, 2.75) is 32.0 Å². The molecule has 0 aliphatic carbocycles. The lowest BCUT2D eigenvalue weighted by atomic mass is 9.94. The van der Waals surface area contributed by atoms with Crippen molar-refractivity contribution in [3.05, 3.63) is 35.4 Å². The minimum atomic E-state index is -4.35. The van der Waals surface area contributed by atoms with E-state index in [1.165, 1.54) is 12.1 Å². The third-order valence-electron chi connectivity index (χ3n) is 4.01. The molecule has 1 heterocycles. The van der Waals surface area contributed by atoms with E-state index in [-0.39, 0.29) is 18.4 Å². The van der Waals surface area contributed by atoms with Crippen LogP contribution in [0.15, 0.2) is 24.3 Å². The summed E-state index contributed by atoms with van der Waals surface area (Å²) in [5.41, 5.74) is 5.83. The first-order chi connectivity index (χ1) is 9.77. The summed E-state index contributed by atoms with van der Waals surface area (Å²) >= 11 is 0. The van der Waals surface area contributed by atoms with Crippen molar-refractivity contribution in [3.8, 4) is 0 Å². The van der Waals surface area contributed by atoms with Crippen LogP contribution in [0.1, 0.15) is 24.5 Å². The number of amides is 1. The highest BCUT2D eigenvalue weighted by molar-refractivity contribution is 5.79. The number of halogens is 3. The predicted molar refractivity (Wildman–Crippen MR) is 73.5 cm³/mol. The van der Waals surface area contributed by atoms with Gasteiger partial charge in [-0.3, -0.25) is 4.79 Å². The molecule has 1 saturated heterocycles. The van der Waals surface area contributed by atoms with E-state index in [1.807, 2.05) is 0 Å². The summed E-state index contributed by atoms with van der Waals surface area (Å²) < 4.78 is 37.4. The quantitative estimate of drug-likeness (QED) is 0.912. The summed E-state index contributed by atoms with van der Waals surface area (Å²) in [7, 11) is 0. The standard InChI is InChI=1S/C15H19F3N2O/c1-10-6-7-20(9-13(10)19)14(21)8-11-2-4-12(5-3-11)15(16,17)18/h2-5,10,13H,6-9,19H2,1H3. The lowest BCUT2D eigenvalue weighted by Crippen LogP contribution is -2.50. The second kappa shape index (κ2) is 6.05. The summed E-state index contributed by atoms with van der Waals surface area (Å²) in [4.78, 5) is 13.8. The molecule has 2 rings (SSSR count). The molecule has 0 radical (unpaired) electrons. The first-order valence-corrected chi connectivity index (χ1v) is 6.97. The van der Waals surface area contributed by atoms with E-state index < -0.39 is 11.7 Å². The fourth-order valence-electron chi connectivity index (χ4n) is 2.42. The molecular formula is C15H19F3N2O. The molecule has 0 bridgehead atoms. The molecule has 1 aromatic rings. The Morgan fingerprint density at radius 1 is 1.33 bits per heavy atom. The van der Waals surface area contributed by atoms with Gasteiger partial charge < -0.3 is 10.6 Å². The molecule has 3 nitrogen and oxygen atoms in total. The van der Waals surface area contributed by atoms with Crippen molar-refractivity contribution in [2.75, 3.05) is 13.1 Å². The maximum atomic E-state index is 12.5. The summed E-state index contributed by atoms with van der Waals surface area (Å²) in [5, 5.41) is 0. The highest BCUT2D eigenvalue weighted by atomic mass is 19.4. The van der Waals surface area contributed by atoms with Gasteiger partial charge in [0.2, 0.25) is 5.91 Å². The van der Waals surface area contributed by atoms with Crippen LogP contribution in [0.25, 0.3) is 0 Å². The molecule has 1 aromatic carbocycles. The van der Waals surface area contributed by atoms with Gasteiger partial charge in [0.25, 0.3) is 0 Å². The van der Waals surface area contributed by atoms with Gasteiger partial charge >= 0.3 is 6.18 Å². The van der Waals surface area contributed by atoms with Crippen LogP contribution in [-0.4, -0.2) is 29.9 Å². The van der Waals surface area contributed by atoms with Gasteiger partial charge in [-0.15, -0.1) is 0 Å². The van der Waals surface area contributed by atoms with Gasteiger partial charge in [-0.05, 0) is 30.0 Å². The summed E-state index contributed by atoms with van der Waals surface area (Å²) in [6, 6.07) is 4.69. The van der Waals surface area contributed by atoms with Crippen LogP contribution in [0, 0.1) is 5.92 Å². The predicted octanol–water partition coefficient (Wildman–Crippen LogP) is 2.44. The maximum absolute atomic E-state index is 12.5. The van der Waals surface area contributed by atoms with Crippen molar-refractivity contribution < 1.29 is 18.0 Å². The van der Waals surface area contributed by atoms with Gasteiger partial charge in [0, 0.05) is 19.1 Å². The molecule has 1 fully saturated rings. The summed E-state index contributed by atoms with van der Waals surface area (Å²) in [5.74, 6) is 0.303. The lowest BCUT2D eigenvalue weighted by Gasteiger charge is -2.35. The van der Waals surface area contributed by atoms with Crippen molar-refractivity contribution >= 4 is 5.91 Å². The third kappa shape index (κ3) is 3.97. The van der Waals surface area contributed by atoms with E-state index in [1.54, 1.807) is 4.90 Å². The molecule has 1 aliphatic rings. The summed E-state index contributed by atoms with van der Waals surface area (Å²) in [6.45, 7) is 3.23. The topological polar surface area (TPSA) is 46.3 Å². The Morgan fingerprint density at radius 2 is 1.95 bits per heavy atom. The van der Waals surface area contributed by atoms with E-state index in [9.17, 15) is 18.0 Å². The minimum Gasteiger partial charge on any atom is -0.341 e. The molecule has 2 atom stereocenters. The van der Waals surface area contributed by atoms with Crippen LogP contribution in [0.3, 0.4) is 0 Å². The van der Waals surface area contributed by atoms with Crippen molar-refractivity contribution in [1.29, 1.82) is 0 Å². The number of nitrogens with two attached hydrogens (primary N) is 1. The molecule has 1 aliphatic heterocycles. The molecule has 0 saturated carbocycles. The zero-order valence-electron chi connectivity index (χ0n) is 11.9. The normalized spacial score (nSPS) is 23.2. The second-order valence-corrected chi connectivity index (χ2v) is 5.64. The molecule has 2 N–H and O–H groups in total. The second-order valence-electron chi connectivity index (χ2n) is 5.64. The number of nitrogens with zero attached hydrogens (tertiary/aromatic N) is 1. The van der Waals surface area contributed by atoms with Crippen LogP contribution in [0.2, 0.25) is 0 Å². The molecular weight excluding hydrogens is 281 g/mol. The number of hydrogen-bond acceptors (Lipinski definition) is 2. The summed E-state index contributed by atoms with van der Waals surface area (Å²) in [6.07, 6.45) is -3.38. The first kappa shape index (κ1) is 15.8. The van der Waals surface area contributed by atoms with Gasteiger partial charge in [0.1, 0.15) is 0 Å². The monoisotopic (exact) mass is 300 g/mol. The number of rotatable bonds is 2. The molecule has 6 heteroatoms. The Bertz CT molecular complexity index is 499. The molecule has 0 spiro atoms. The van der Waals surface area contributed by atoms with Crippen LogP contribution < -0.4 is 5.73 Å². The number of carbonyl (C=O) groups excluding carboxylic acids is 1. The molecule has 0 aromatic heterocycles. The number of hydrogen-bond donors (Lipinski definition) is 1. The largest absolute Gasteiger partial charge is 0.416 e. The Labute approximate surface area is 121 Å². The SMILES string of the molecule is CC1CCN(C(=O)Cc2ccc(C(F)(F)F)cc2)CC1N. The first-order valence-electron chi connectivity index (χ1n) is 6.97. The Kier molecular flexibility index (Phi) is 4.56. The number of likely N-dealkylation sites (tertiary alicyclic amines) is 1. The number of piperidine rings is 1.